The van der Waals surface area contributed by atoms with Gasteiger partial charge in [-0.15, -0.1) is 0 Å². The standard InChI is InChI=1S/C15H14BrNO3/c1-19-11-7-12(14(17)13(8-11)20-2)15(18)9-3-5-10(16)6-4-9/h3-8H,17H2,1-2H3. The summed E-state index contributed by atoms with van der Waals surface area (Å²) in [5.74, 6) is 0.772. The second kappa shape index (κ2) is 5.96. The molecule has 2 aromatic rings. The Bertz CT molecular complexity index is 638. The number of methoxy groups -OCH3 is 2. The number of hydrogen-bond donors (Lipinski definition) is 1. The molecular weight excluding hydrogens is 322 g/mol. The van der Waals surface area contributed by atoms with E-state index < -0.39 is 0 Å². The Balaban J connectivity index is 2.50. The largest absolute Gasteiger partial charge is 0.497 e. The average molecular weight is 336 g/mol. The summed E-state index contributed by atoms with van der Waals surface area (Å²) < 4.78 is 11.2. The third kappa shape index (κ3) is 2.77. The number of ketones is 1. The Morgan fingerprint density at radius 2 is 1.75 bits per heavy atom. The summed E-state index contributed by atoms with van der Waals surface area (Å²) in [6.45, 7) is 0. The van der Waals surface area contributed by atoms with Crippen LogP contribution in [0.3, 0.4) is 0 Å². The first kappa shape index (κ1) is 14.4. The van der Waals surface area contributed by atoms with Crippen molar-refractivity contribution in [1.29, 1.82) is 0 Å². The van der Waals surface area contributed by atoms with Crippen LogP contribution in [0.25, 0.3) is 0 Å². The van der Waals surface area contributed by atoms with Gasteiger partial charge in [-0.1, -0.05) is 15.9 Å². The van der Waals surface area contributed by atoms with Crippen molar-refractivity contribution in [2.24, 2.45) is 0 Å². The molecule has 104 valence electrons. The van der Waals surface area contributed by atoms with Gasteiger partial charge in [0.1, 0.15) is 11.5 Å². The zero-order chi connectivity index (χ0) is 14.7. The van der Waals surface area contributed by atoms with Crippen LogP contribution in [0.4, 0.5) is 5.69 Å². The van der Waals surface area contributed by atoms with Gasteiger partial charge in [-0.2, -0.15) is 0 Å². The predicted octanol–water partition coefficient (Wildman–Crippen LogP) is 3.28. The van der Waals surface area contributed by atoms with Gasteiger partial charge < -0.3 is 15.2 Å². The summed E-state index contributed by atoms with van der Waals surface area (Å²) >= 11 is 3.33. The fraction of sp³-hybridized carbons (Fsp3) is 0.133. The number of carbonyl (C=O) groups excluding carboxylic acids is 1. The van der Waals surface area contributed by atoms with E-state index >= 15 is 0 Å². The number of hydrogen-bond acceptors (Lipinski definition) is 4. The Morgan fingerprint density at radius 3 is 2.30 bits per heavy atom. The van der Waals surface area contributed by atoms with Gasteiger partial charge in [0, 0.05) is 16.1 Å². The number of anilines is 1. The molecule has 0 aliphatic carbocycles. The van der Waals surface area contributed by atoms with Crippen LogP contribution in [0.5, 0.6) is 11.5 Å². The van der Waals surface area contributed by atoms with Gasteiger partial charge in [-0.05, 0) is 30.3 Å². The third-order valence-electron chi connectivity index (χ3n) is 2.92. The van der Waals surface area contributed by atoms with E-state index in [1.165, 1.54) is 14.2 Å². The van der Waals surface area contributed by atoms with E-state index in [-0.39, 0.29) is 5.78 Å². The highest BCUT2D eigenvalue weighted by Gasteiger charge is 2.17. The molecule has 0 aliphatic rings. The lowest BCUT2D eigenvalue weighted by molar-refractivity contribution is 0.103. The van der Waals surface area contributed by atoms with E-state index in [1.807, 2.05) is 0 Å². The molecule has 2 N–H and O–H groups in total. The molecule has 0 atom stereocenters. The molecule has 5 heteroatoms. The van der Waals surface area contributed by atoms with Crippen LogP contribution in [0.15, 0.2) is 40.9 Å². The van der Waals surface area contributed by atoms with Crippen LogP contribution < -0.4 is 15.2 Å². The van der Waals surface area contributed by atoms with Crippen LogP contribution in [0.1, 0.15) is 15.9 Å². The van der Waals surface area contributed by atoms with Gasteiger partial charge >= 0.3 is 0 Å². The zero-order valence-corrected chi connectivity index (χ0v) is 12.7. The Hall–Kier alpha value is -2.01. The Morgan fingerprint density at radius 1 is 1.10 bits per heavy atom. The lowest BCUT2D eigenvalue weighted by Crippen LogP contribution is -2.07. The van der Waals surface area contributed by atoms with Crippen LogP contribution in [-0.4, -0.2) is 20.0 Å². The van der Waals surface area contributed by atoms with Crippen molar-refractivity contribution in [3.63, 3.8) is 0 Å². The van der Waals surface area contributed by atoms with Gasteiger partial charge in [0.05, 0.1) is 25.5 Å². The zero-order valence-electron chi connectivity index (χ0n) is 11.1. The van der Waals surface area contributed by atoms with Gasteiger partial charge in [0.25, 0.3) is 0 Å². The van der Waals surface area contributed by atoms with Crippen LogP contribution in [-0.2, 0) is 0 Å². The lowest BCUT2D eigenvalue weighted by Gasteiger charge is -2.12. The molecule has 0 amide bonds. The molecular formula is C15H14BrNO3. The number of ether oxygens (including phenoxy) is 2. The monoisotopic (exact) mass is 335 g/mol. The first-order valence-corrected chi connectivity index (χ1v) is 6.68. The molecule has 0 bridgehead atoms. The quantitative estimate of drug-likeness (QED) is 0.688. The van der Waals surface area contributed by atoms with Gasteiger partial charge in [0.2, 0.25) is 0 Å². The summed E-state index contributed by atoms with van der Waals surface area (Å²) in [7, 11) is 3.03. The van der Waals surface area contributed by atoms with Gasteiger partial charge in [0.15, 0.2) is 5.78 Å². The molecule has 0 fully saturated rings. The molecule has 4 nitrogen and oxygen atoms in total. The van der Waals surface area contributed by atoms with E-state index in [0.717, 1.165) is 4.47 Å². The first-order chi connectivity index (χ1) is 9.56. The minimum Gasteiger partial charge on any atom is -0.497 e. The number of nitrogens with two attached hydrogens (primary N) is 1. The number of halogens is 1. The molecule has 0 heterocycles. The summed E-state index contributed by atoms with van der Waals surface area (Å²) in [5.41, 5.74) is 7.20. The van der Waals surface area contributed by atoms with Crippen LogP contribution >= 0.6 is 15.9 Å². The van der Waals surface area contributed by atoms with Gasteiger partial charge in [-0.3, -0.25) is 4.79 Å². The number of carbonyl (C=O) groups is 1. The van der Waals surface area contributed by atoms with Crippen molar-refractivity contribution in [3.8, 4) is 11.5 Å². The molecule has 0 radical (unpaired) electrons. The molecule has 20 heavy (non-hydrogen) atoms. The maximum Gasteiger partial charge on any atom is 0.195 e. The summed E-state index contributed by atoms with van der Waals surface area (Å²) in [6, 6.07) is 10.3. The molecule has 0 aromatic heterocycles. The molecule has 0 saturated heterocycles. The smallest absolute Gasteiger partial charge is 0.195 e. The maximum absolute atomic E-state index is 12.5. The molecule has 0 spiro atoms. The van der Waals surface area contributed by atoms with Crippen molar-refractivity contribution >= 4 is 27.4 Å². The molecule has 0 aliphatic heterocycles. The van der Waals surface area contributed by atoms with E-state index in [2.05, 4.69) is 15.9 Å². The molecule has 0 unspecified atom stereocenters. The number of benzene rings is 2. The topological polar surface area (TPSA) is 61.6 Å². The normalized spacial score (nSPS) is 10.2. The van der Waals surface area contributed by atoms with Gasteiger partial charge in [-0.25, -0.2) is 0 Å². The highest BCUT2D eigenvalue weighted by atomic mass is 79.9. The van der Waals surface area contributed by atoms with Crippen molar-refractivity contribution < 1.29 is 14.3 Å². The minimum atomic E-state index is -0.174. The Labute approximate surface area is 125 Å². The summed E-state index contributed by atoms with van der Waals surface area (Å²) in [6.07, 6.45) is 0. The molecule has 2 rings (SSSR count). The first-order valence-electron chi connectivity index (χ1n) is 5.88. The molecule has 2 aromatic carbocycles. The highest BCUT2D eigenvalue weighted by Crippen LogP contribution is 2.32. The molecule has 0 saturated carbocycles. The second-order valence-corrected chi connectivity index (χ2v) is 5.04. The van der Waals surface area contributed by atoms with Crippen LogP contribution in [0, 0.1) is 0 Å². The summed E-state index contributed by atoms with van der Waals surface area (Å²) in [4.78, 5) is 12.5. The fourth-order valence-corrected chi connectivity index (χ4v) is 2.10. The highest BCUT2D eigenvalue weighted by molar-refractivity contribution is 9.10. The fourth-order valence-electron chi connectivity index (χ4n) is 1.83. The van der Waals surface area contributed by atoms with Crippen LogP contribution in [0.2, 0.25) is 0 Å². The second-order valence-electron chi connectivity index (χ2n) is 4.13. The maximum atomic E-state index is 12.5. The van der Waals surface area contributed by atoms with E-state index in [9.17, 15) is 4.79 Å². The summed E-state index contributed by atoms with van der Waals surface area (Å²) in [5, 5.41) is 0. The SMILES string of the molecule is COc1cc(OC)c(N)c(C(=O)c2ccc(Br)cc2)c1. The minimum absolute atomic E-state index is 0.174. The average Bonchev–Trinajstić information content (AvgIpc) is 2.47. The number of rotatable bonds is 4. The Kier molecular flexibility index (Phi) is 4.29. The van der Waals surface area contributed by atoms with Crippen molar-refractivity contribution in [2.45, 2.75) is 0 Å². The van der Waals surface area contributed by atoms with Crippen molar-refractivity contribution in [3.05, 3.63) is 52.0 Å². The number of nitrogen functional groups attached to an aromatic ring is 1. The van der Waals surface area contributed by atoms with E-state index in [0.29, 0.717) is 28.3 Å². The van der Waals surface area contributed by atoms with E-state index in [4.69, 9.17) is 15.2 Å². The lowest BCUT2D eigenvalue weighted by atomic mass is 10.0. The van der Waals surface area contributed by atoms with Crippen molar-refractivity contribution in [2.75, 3.05) is 20.0 Å². The predicted molar refractivity (Wildman–Crippen MR) is 81.5 cm³/mol. The third-order valence-corrected chi connectivity index (χ3v) is 3.45. The van der Waals surface area contributed by atoms with Crippen molar-refractivity contribution in [1.82, 2.24) is 0 Å². The van der Waals surface area contributed by atoms with E-state index in [1.54, 1.807) is 36.4 Å².